The van der Waals surface area contributed by atoms with E-state index in [1.807, 2.05) is 20.8 Å². The Morgan fingerprint density at radius 3 is 1.75 bits per heavy atom. The molecule has 0 spiro atoms. The van der Waals surface area contributed by atoms with Gasteiger partial charge in [-0.15, -0.1) is 0 Å². The van der Waals surface area contributed by atoms with E-state index in [9.17, 15) is 0 Å². The quantitative estimate of drug-likeness (QED) is 0.588. The Balaban J connectivity index is 3.28. The van der Waals surface area contributed by atoms with Gasteiger partial charge in [0.15, 0.2) is 0 Å². The summed E-state index contributed by atoms with van der Waals surface area (Å²) in [6, 6.07) is 0.436. The van der Waals surface area contributed by atoms with Crippen molar-refractivity contribution in [3.05, 3.63) is 17.5 Å². The zero-order valence-electron chi connectivity index (χ0n) is 8.42. The molecule has 1 rings (SSSR count). The topological polar surface area (TPSA) is 29.7 Å². The van der Waals surface area contributed by atoms with Gasteiger partial charge in [0.05, 0.1) is 6.04 Å². The van der Waals surface area contributed by atoms with Crippen LogP contribution in [-0.2, 0) is 0 Å². The lowest BCUT2D eigenvalue weighted by Crippen LogP contribution is -2.44. The Bertz CT molecular complexity index is 269. The van der Waals surface area contributed by atoms with Gasteiger partial charge in [0.25, 0.3) is 5.82 Å². The molecule has 0 radical (unpaired) electrons. The fourth-order valence-electron chi connectivity index (χ4n) is 1.58. The SMILES string of the molecule is Cc1nc(C)[n+](C(C)C)c(C)n1. The molecule has 0 aromatic carbocycles. The van der Waals surface area contributed by atoms with Gasteiger partial charge in [-0.05, 0) is 13.8 Å². The smallest absolute Gasteiger partial charge is 0.233 e. The normalized spacial score (nSPS) is 10.8. The van der Waals surface area contributed by atoms with E-state index >= 15 is 0 Å². The summed E-state index contributed by atoms with van der Waals surface area (Å²) in [4.78, 5) is 8.62. The summed E-state index contributed by atoms with van der Waals surface area (Å²) in [6.45, 7) is 10.2. The van der Waals surface area contributed by atoms with Crippen molar-refractivity contribution in [2.75, 3.05) is 0 Å². The van der Waals surface area contributed by atoms with E-state index in [-0.39, 0.29) is 0 Å². The molecule has 1 aromatic heterocycles. The lowest BCUT2D eigenvalue weighted by Gasteiger charge is -2.08. The van der Waals surface area contributed by atoms with Crippen LogP contribution in [-0.4, -0.2) is 9.97 Å². The van der Waals surface area contributed by atoms with Crippen LogP contribution in [0.5, 0.6) is 0 Å². The number of hydrogen-bond donors (Lipinski definition) is 0. The van der Waals surface area contributed by atoms with E-state index in [4.69, 9.17) is 0 Å². The summed E-state index contributed by atoms with van der Waals surface area (Å²) >= 11 is 0. The molecule has 0 saturated carbocycles. The molecule has 0 aliphatic rings. The van der Waals surface area contributed by atoms with Crippen LogP contribution in [0.2, 0.25) is 0 Å². The fourth-order valence-corrected chi connectivity index (χ4v) is 1.58. The molecular weight excluding hydrogens is 150 g/mol. The second-order valence-electron chi connectivity index (χ2n) is 3.33. The van der Waals surface area contributed by atoms with Crippen LogP contribution in [0.25, 0.3) is 0 Å². The van der Waals surface area contributed by atoms with E-state index in [0.29, 0.717) is 6.04 Å². The minimum absolute atomic E-state index is 0.436. The first-order valence-corrected chi connectivity index (χ1v) is 4.25. The van der Waals surface area contributed by atoms with E-state index in [1.54, 1.807) is 0 Å². The van der Waals surface area contributed by atoms with Crippen LogP contribution >= 0.6 is 0 Å². The van der Waals surface area contributed by atoms with Crippen molar-refractivity contribution < 1.29 is 4.57 Å². The standard InChI is InChI=1S/C9H16N3/c1-6(2)12-8(4)10-7(3)11-9(12)5/h6H,1-5H3/q+1. The molecule has 0 unspecified atom stereocenters. The lowest BCUT2D eigenvalue weighted by molar-refractivity contribution is -0.733. The molecule has 0 aliphatic carbocycles. The summed E-state index contributed by atoms with van der Waals surface area (Å²) in [6.07, 6.45) is 0. The minimum Gasteiger partial charge on any atom is -0.233 e. The molecule has 1 aromatic rings. The average Bonchev–Trinajstić information content (AvgIpc) is 1.82. The Morgan fingerprint density at radius 2 is 1.42 bits per heavy atom. The Morgan fingerprint density at radius 1 is 1.00 bits per heavy atom. The van der Waals surface area contributed by atoms with Crippen LogP contribution < -0.4 is 4.57 Å². The number of hydrogen-bond acceptors (Lipinski definition) is 2. The van der Waals surface area contributed by atoms with Gasteiger partial charge in [-0.1, -0.05) is 9.97 Å². The highest BCUT2D eigenvalue weighted by Gasteiger charge is 2.14. The molecule has 1 heterocycles. The summed E-state index contributed by atoms with van der Waals surface area (Å²) < 4.78 is 2.13. The molecule has 0 saturated heterocycles. The average molecular weight is 166 g/mol. The maximum Gasteiger partial charge on any atom is 0.273 e. The first-order valence-electron chi connectivity index (χ1n) is 4.25. The molecule has 0 N–H and O–H groups in total. The van der Waals surface area contributed by atoms with Crippen molar-refractivity contribution in [3.8, 4) is 0 Å². The Labute approximate surface area is 73.5 Å². The second kappa shape index (κ2) is 3.17. The third-order valence-electron chi connectivity index (χ3n) is 1.86. The third-order valence-corrected chi connectivity index (χ3v) is 1.86. The van der Waals surface area contributed by atoms with Gasteiger partial charge in [-0.25, -0.2) is 4.57 Å². The highest BCUT2D eigenvalue weighted by molar-refractivity contribution is 4.84. The van der Waals surface area contributed by atoms with Crippen molar-refractivity contribution in [1.29, 1.82) is 0 Å². The predicted molar refractivity (Wildman–Crippen MR) is 46.8 cm³/mol. The second-order valence-corrected chi connectivity index (χ2v) is 3.33. The van der Waals surface area contributed by atoms with Crippen molar-refractivity contribution in [1.82, 2.24) is 9.97 Å². The van der Waals surface area contributed by atoms with E-state index in [0.717, 1.165) is 17.5 Å². The van der Waals surface area contributed by atoms with Crippen LogP contribution in [0, 0.1) is 20.8 Å². The summed E-state index contributed by atoms with van der Waals surface area (Å²) in [7, 11) is 0. The van der Waals surface area contributed by atoms with Crippen LogP contribution in [0.1, 0.15) is 37.4 Å². The van der Waals surface area contributed by atoms with Gasteiger partial charge in [0, 0.05) is 20.8 Å². The van der Waals surface area contributed by atoms with Gasteiger partial charge >= 0.3 is 0 Å². The molecule has 0 bridgehead atoms. The van der Waals surface area contributed by atoms with E-state index in [1.165, 1.54) is 0 Å². The molecule has 3 heteroatoms. The maximum absolute atomic E-state index is 4.31. The highest BCUT2D eigenvalue weighted by Crippen LogP contribution is 1.97. The highest BCUT2D eigenvalue weighted by atomic mass is 15.1. The molecule has 66 valence electrons. The predicted octanol–water partition coefficient (Wildman–Crippen LogP) is 1.27. The lowest BCUT2D eigenvalue weighted by atomic mass is 10.3. The van der Waals surface area contributed by atoms with E-state index in [2.05, 4.69) is 28.4 Å². The zero-order chi connectivity index (χ0) is 9.30. The van der Waals surface area contributed by atoms with Gasteiger partial charge in [0.1, 0.15) is 0 Å². The van der Waals surface area contributed by atoms with Crippen molar-refractivity contribution >= 4 is 0 Å². The molecular formula is C9H16N3+. The molecule has 0 aliphatic heterocycles. The molecule has 0 atom stereocenters. The van der Waals surface area contributed by atoms with Gasteiger partial charge in [-0.2, -0.15) is 0 Å². The van der Waals surface area contributed by atoms with Crippen molar-refractivity contribution in [2.24, 2.45) is 0 Å². The number of rotatable bonds is 1. The Hall–Kier alpha value is -0.990. The third kappa shape index (κ3) is 1.60. The molecule has 12 heavy (non-hydrogen) atoms. The summed E-state index contributed by atoms with van der Waals surface area (Å²) in [5.41, 5.74) is 0. The maximum atomic E-state index is 4.31. The van der Waals surface area contributed by atoms with Crippen LogP contribution in [0.4, 0.5) is 0 Å². The zero-order valence-corrected chi connectivity index (χ0v) is 8.42. The van der Waals surface area contributed by atoms with Crippen molar-refractivity contribution in [3.63, 3.8) is 0 Å². The minimum atomic E-state index is 0.436. The van der Waals surface area contributed by atoms with Crippen LogP contribution in [0.3, 0.4) is 0 Å². The number of aromatic nitrogens is 3. The molecule has 3 nitrogen and oxygen atoms in total. The molecule has 0 amide bonds. The van der Waals surface area contributed by atoms with Gasteiger partial charge in [0.2, 0.25) is 11.6 Å². The van der Waals surface area contributed by atoms with Gasteiger partial charge in [-0.3, -0.25) is 0 Å². The van der Waals surface area contributed by atoms with Crippen molar-refractivity contribution in [2.45, 2.75) is 40.7 Å². The largest absolute Gasteiger partial charge is 0.273 e. The molecule has 0 fully saturated rings. The first kappa shape index (κ1) is 9.10. The van der Waals surface area contributed by atoms with Crippen LogP contribution in [0.15, 0.2) is 0 Å². The fraction of sp³-hybridized carbons (Fsp3) is 0.667. The number of aryl methyl sites for hydroxylation is 3. The van der Waals surface area contributed by atoms with E-state index < -0.39 is 0 Å². The summed E-state index contributed by atoms with van der Waals surface area (Å²) in [5, 5.41) is 0. The first-order chi connectivity index (χ1) is 5.52. The number of nitrogens with zero attached hydrogens (tertiary/aromatic N) is 3. The monoisotopic (exact) mass is 166 g/mol. The summed E-state index contributed by atoms with van der Waals surface area (Å²) in [5.74, 6) is 2.92. The van der Waals surface area contributed by atoms with Gasteiger partial charge < -0.3 is 0 Å². The Kier molecular flexibility index (Phi) is 2.40.